The van der Waals surface area contributed by atoms with Crippen LogP contribution in [0, 0.1) is 0 Å². The molecule has 0 aliphatic carbocycles. The number of rotatable bonds is 3. The molecule has 18 heavy (non-hydrogen) atoms. The van der Waals surface area contributed by atoms with Gasteiger partial charge in [0.05, 0.1) is 16.7 Å². The zero-order valence-corrected chi connectivity index (χ0v) is 11.4. The minimum atomic E-state index is -3.65. The van der Waals surface area contributed by atoms with E-state index >= 15 is 0 Å². The van der Waals surface area contributed by atoms with Crippen LogP contribution in [0.1, 0.15) is 0 Å². The van der Waals surface area contributed by atoms with E-state index in [-0.39, 0.29) is 10.6 Å². The van der Waals surface area contributed by atoms with Gasteiger partial charge in [-0.05, 0) is 12.1 Å². The van der Waals surface area contributed by atoms with Crippen molar-refractivity contribution in [2.24, 2.45) is 0 Å². The van der Waals surface area contributed by atoms with E-state index in [1.54, 1.807) is 18.2 Å². The van der Waals surface area contributed by atoms with E-state index in [9.17, 15) is 16.8 Å². The van der Waals surface area contributed by atoms with Gasteiger partial charge in [0.2, 0.25) is 10.0 Å². The summed E-state index contributed by atoms with van der Waals surface area (Å²) < 4.78 is 48.1. The average molecular weight is 287 g/mol. The molecule has 5 nitrogen and oxygen atoms in total. The number of sulfone groups is 1. The van der Waals surface area contributed by atoms with E-state index < -0.39 is 25.9 Å². The number of likely N-dealkylation sites (N-methyl/N-ethyl adjacent to an activating group) is 1. The van der Waals surface area contributed by atoms with Crippen molar-refractivity contribution in [2.45, 2.75) is 10.9 Å². The molecule has 0 spiro atoms. The van der Waals surface area contributed by atoms with E-state index in [0.717, 1.165) is 9.71 Å². The fourth-order valence-electron chi connectivity index (χ4n) is 1.72. The molecule has 1 aromatic carbocycles. The third-order valence-electron chi connectivity index (χ3n) is 2.80. The summed E-state index contributed by atoms with van der Waals surface area (Å²) in [7, 11) is -5.54. The van der Waals surface area contributed by atoms with Crippen molar-refractivity contribution >= 4 is 19.9 Å². The van der Waals surface area contributed by atoms with E-state index in [1.807, 2.05) is 0 Å². The van der Waals surface area contributed by atoms with Crippen LogP contribution >= 0.6 is 0 Å². The first-order valence-corrected chi connectivity index (χ1v) is 8.42. The summed E-state index contributed by atoms with van der Waals surface area (Å²) in [5.41, 5.74) is 0. The van der Waals surface area contributed by atoms with Gasteiger partial charge in [0.25, 0.3) is 0 Å². The largest absolute Gasteiger partial charge is 0.243 e. The van der Waals surface area contributed by atoms with Crippen LogP contribution in [0.15, 0.2) is 46.7 Å². The highest BCUT2D eigenvalue weighted by Gasteiger charge is 2.32. The van der Waals surface area contributed by atoms with Crippen LogP contribution in [-0.4, -0.2) is 40.0 Å². The minimum absolute atomic E-state index is 0.158. The molecule has 0 radical (unpaired) electrons. The van der Waals surface area contributed by atoms with Gasteiger partial charge in [-0.1, -0.05) is 24.3 Å². The van der Waals surface area contributed by atoms with Crippen molar-refractivity contribution < 1.29 is 16.8 Å². The topological polar surface area (TPSA) is 71.5 Å². The molecule has 0 saturated heterocycles. The molecule has 0 aromatic heterocycles. The van der Waals surface area contributed by atoms with E-state index in [0.29, 0.717) is 0 Å². The first-order valence-electron chi connectivity index (χ1n) is 5.27. The van der Waals surface area contributed by atoms with E-state index in [1.165, 1.54) is 25.3 Å². The lowest BCUT2D eigenvalue weighted by molar-refractivity contribution is 0.439. The fourth-order valence-corrected chi connectivity index (χ4v) is 4.49. The van der Waals surface area contributed by atoms with E-state index in [4.69, 9.17) is 0 Å². The number of benzene rings is 1. The second kappa shape index (κ2) is 4.49. The number of sulfonamides is 1. The van der Waals surface area contributed by atoms with Gasteiger partial charge in [-0.25, -0.2) is 16.8 Å². The molecule has 0 N–H and O–H groups in total. The zero-order valence-electron chi connectivity index (χ0n) is 9.72. The fraction of sp³-hybridized carbons (Fsp3) is 0.273. The maximum absolute atomic E-state index is 12.2. The lowest BCUT2D eigenvalue weighted by atomic mass is 10.3. The molecule has 7 heteroatoms. The van der Waals surface area contributed by atoms with Crippen molar-refractivity contribution in [1.29, 1.82) is 0 Å². The molecule has 1 aliphatic rings. The molecule has 0 bridgehead atoms. The van der Waals surface area contributed by atoms with E-state index in [2.05, 4.69) is 0 Å². The maximum atomic E-state index is 12.2. The molecular formula is C11H13NO4S2. The molecule has 1 atom stereocenters. The summed E-state index contributed by atoms with van der Waals surface area (Å²) in [6, 6.07) is 7.31. The minimum Gasteiger partial charge on any atom is -0.224 e. The SMILES string of the molecule is CN(C1C=CS(=O)(=O)C1)S(=O)(=O)c1ccccc1. The Labute approximate surface area is 107 Å². The van der Waals surface area contributed by atoms with Crippen LogP contribution in [-0.2, 0) is 19.9 Å². The first kappa shape index (κ1) is 13.3. The van der Waals surface area contributed by atoms with Crippen LogP contribution in [0.25, 0.3) is 0 Å². The highest BCUT2D eigenvalue weighted by molar-refractivity contribution is 7.94. The van der Waals surface area contributed by atoms with Crippen molar-refractivity contribution in [3.8, 4) is 0 Å². The highest BCUT2D eigenvalue weighted by Crippen LogP contribution is 2.21. The predicted octanol–water partition coefficient (Wildman–Crippen LogP) is 0.618. The molecular weight excluding hydrogens is 274 g/mol. The summed E-state index contributed by atoms with van der Waals surface area (Å²) in [5, 5.41) is 1.06. The Kier molecular flexibility index (Phi) is 3.31. The van der Waals surface area contributed by atoms with Crippen LogP contribution in [0.5, 0.6) is 0 Å². The maximum Gasteiger partial charge on any atom is 0.243 e. The number of hydrogen-bond donors (Lipinski definition) is 0. The molecule has 1 unspecified atom stereocenters. The number of nitrogens with zero attached hydrogens (tertiary/aromatic N) is 1. The highest BCUT2D eigenvalue weighted by atomic mass is 32.2. The second-order valence-electron chi connectivity index (χ2n) is 4.06. The van der Waals surface area contributed by atoms with Crippen molar-refractivity contribution in [2.75, 3.05) is 12.8 Å². The Morgan fingerprint density at radius 1 is 1.22 bits per heavy atom. The summed E-state index contributed by atoms with van der Waals surface area (Å²) in [6.07, 6.45) is 1.40. The molecule has 1 aromatic rings. The molecule has 0 amide bonds. The van der Waals surface area contributed by atoms with Gasteiger partial charge in [-0.15, -0.1) is 0 Å². The van der Waals surface area contributed by atoms with Crippen molar-refractivity contribution in [3.63, 3.8) is 0 Å². The van der Waals surface area contributed by atoms with Gasteiger partial charge in [0.15, 0.2) is 9.84 Å². The molecule has 0 saturated carbocycles. The zero-order chi connectivity index (χ0) is 13.4. The monoisotopic (exact) mass is 287 g/mol. The van der Waals surface area contributed by atoms with Gasteiger partial charge in [-0.2, -0.15) is 4.31 Å². The average Bonchev–Trinajstić information content (AvgIpc) is 2.69. The smallest absolute Gasteiger partial charge is 0.224 e. The summed E-state index contributed by atoms with van der Waals surface area (Å²) >= 11 is 0. The van der Waals surface area contributed by atoms with Crippen molar-refractivity contribution in [3.05, 3.63) is 41.8 Å². The molecule has 1 aliphatic heterocycles. The summed E-state index contributed by atoms with van der Waals surface area (Å²) in [6.45, 7) is 0. The van der Waals surface area contributed by atoms with Crippen LogP contribution < -0.4 is 0 Å². The van der Waals surface area contributed by atoms with Gasteiger partial charge < -0.3 is 0 Å². The molecule has 98 valence electrons. The van der Waals surface area contributed by atoms with Crippen LogP contribution in [0.4, 0.5) is 0 Å². The summed E-state index contributed by atoms with van der Waals surface area (Å²) in [5.74, 6) is -0.199. The van der Waals surface area contributed by atoms with Crippen molar-refractivity contribution in [1.82, 2.24) is 4.31 Å². The van der Waals surface area contributed by atoms with Gasteiger partial charge in [0, 0.05) is 12.5 Å². The van der Waals surface area contributed by atoms with Gasteiger partial charge >= 0.3 is 0 Å². The third-order valence-corrected chi connectivity index (χ3v) is 6.07. The molecule has 2 rings (SSSR count). The Morgan fingerprint density at radius 3 is 2.33 bits per heavy atom. The Morgan fingerprint density at radius 2 is 1.83 bits per heavy atom. The Bertz CT molecular complexity index is 662. The quantitative estimate of drug-likeness (QED) is 0.817. The second-order valence-corrected chi connectivity index (χ2v) is 7.99. The van der Waals surface area contributed by atoms with Gasteiger partial charge in [-0.3, -0.25) is 0 Å². The van der Waals surface area contributed by atoms with Crippen LogP contribution in [0.2, 0.25) is 0 Å². The molecule has 1 heterocycles. The molecule has 0 fully saturated rings. The Balaban J connectivity index is 2.30. The standard InChI is InChI=1S/C11H13NO4S2/c1-12(10-7-8-17(13,14)9-10)18(15,16)11-5-3-2-4-6-11/h2-8,10H,9H2,1H3. The lowest BCUT2D eigenvalue weighted by Gasteiger charge is -2.21. The third kappa shape index (κ3) is 2.47. The Hall–Kier alpha value is -1.18. The number of hydrogen-bond acceptors (Lipinski definition) is 4. The normalized spacial score (nSPS) is 22.4. The summed E-state index contributed by atoms with van der Waals surface area (Å²) in [4.78, 5) is 0.158. The van der Waals surface area contributed by atoms with Gasteiger partial charge in [0.1, 0.15) is 0 Å². The predicted molar refractivity (Wildman–Crippen MR) is 68.1 cm³/mol. The lowest BCUT2D eigenvalue weighted by Crippen LogP contribution is -2.37. The first-order chi connectivity index (χ1) is 8.33. The van der Waals surface area contributed by atoms with Crippen LogP contribution in [0.3, 0.4) is 0 Å².